The van der Waals surface area contributed by atoms with Crippen LogP contribution in [0.2, 0.25) is 0 Å². The maximum atomic E-state index is 12.7. The lowest BCUT2D eigenvalue weighted by molar-refractivity contribution is -0.137. The summed E-state index contributed by atoms with van der Waals surface area (Å²) in [5, 5.41) is 4.20. The Bertz CT molecular complexity index is 624. The van der Waals surface area contributed by atoms with Crippen molar-refractivity contribution >= 4 is 5.91 Å². The minimum absolute atomic E-state index is 0.0540. The molecule has 1 aliphatic carbocycles. The zero-order chi connectivity index (χ0) is 17.4. The van der Waals surface area contributed by atoms with Crippen LogP contribution in [0, 0.1) is 12.8 Å². The smallest absolute Gasteiger partial charge is 0.223 e. The van der Waals surface area contributed by atoms with E-state index in [1.165, 1.54) is 25.7 Å². The second-order valence-electron chi connectivity index (χ2n) is 8.33. The Kier molecular flexibility index (Phi) is 4.61. The highest BCUT2D eigenvalue weighted by Gasteiger charge is 2.53. The Balaban J connectivity index is 1.56. The van der Waals surface area contributed by atoms with Gasteiger partial charge in [-0.15, -0.1) is 0 Å². The second kappa shape index (κ2) is 6.75. The highest BCUT2D eigenvalue weighted by molar-refractivity contribution is 5.80. The number of likely N-dealkylation sites (tertiary alicyclic amines) is 2. The van der Waals surface area contributed by atoms with Gasteiger partial charge in [-0.25, -0.2) is 0 Å². The molecule has 3 heterocycles. The van der Waals surface area contributed by atoms with E-state index in [2.05, 4.69) is 21.9 Å². The first-order chi connectivity index (χ1) is 12.1. The van der Waals surface area contributed by atoms with Gasteiger partial charge in [0.1, 0.15) is 5.76 Å². The fraction of sp³-hybridized carbons (Fsp3) is 0.800. The van der Waals surface area contributed by atoms with E-state index < -0.39 is 0 Å². The fourth-order valence-corrected chi connectivity index (χ4v) is 5.44. The summed E-state index contributed by atoms with van der Waals surface area (Å²) in [4.78, 5) is 17.6. The molecule has 0 aromatic carbocycles. The number of carbonyl (C=O) groups is 1. The topological polar surface area (TPSA) is 49.6 Å². The minimum atomic E-state index is 0.0540. The first-order valence-electron chi connectivity index (χ1n) is 10.1. The lowest BCUT2D eigenvalue weighted by Gasteiger charge is -2.53. The molecular formula is C20H31N3O2. The zero-order valence-corrected chi connectivity index (χ0v) is 15.7. The van der Waals surface area contributed by atoms with E-state index in [0.717, 1.165) is 62.7 Å². The van der Waals surface area contributed by atoms with Gasteiger partial charge in [0.15, 0.2) is 0 Å². The van der Waals surface area contributed by atoms with Crippen LogP contribution in [0.25, 0.3) is 0 Å². The predicted molar refractivity (Wildman–Crippen MR) is 96.0 cm³/mol. The standard InChI is InChI=1S/C20H31N3O2/c1-3-18-20(10-8-19(24)23(20)13-16-6-4-7-16)9-5-11-22(18)14-17-12-15(2)25-21-17/h12,16,18H,3-11,13-14H2,1-2H3/t18-,20+/m0/s1. The molecule has 1 spiro atoms. The van der Waals surface area contributed by atoms with Crippen LogP contribution in [-0.2, 0) is 11.3 Å². The summed E-state index contributed by atoms with van der Waals surface area (Å²) in [6.07, 6.45) is 9.14. The molecule has 2 aliphatic heterocycles. The molecule has 0 N–H and O–H groups in total. The van der Waals surface area contributed by atoms with Crippen LogP contribution in [0.1, 0.15) is 69.7 Å². The Morgan fingerprint density at radius 3 is 2.80 bits per heavy atom. The Morgan fingerprint density at radius 1 is 1.32 bits per heavy atom. The van der Waals surface area contributed by atoms with Crippen molar-refractivity contribution in [2.75, 3.05) is 13.1 Å². The van der Waals surface area contributed by atoms with Crippen LogP contribution in [0.4, 0.5) is 0 Å². The van der Waals surface area contributed by atoms with Crippen molar-refractivity contribution < 1.29 is 9.32 Å². The number of carbonyl (C=O) groups excluding carboxylic acids is 1. The molecule has 138 valence electrons. The van der Waals surface area contributed by atoms with Gasteiger partial charge in [0.2, 0.25) is 5.91 Å². The van der Waals surface area contributed by atoms with Crippen molar-refractivity contribution in [1.82, 2.24) is 15.0 Å². The highest BCUT2D eigenvalue weighted by Crippen LogP contribution is 2.45. The SMILES string of the molecule is CC[C@@H]1N(Cc2cc(C)on2)CCC[C@@]12CCC(=O)N2CC1CCC1. The predicted octanol–water partition coefficient (Wildman–Crippen LogP) is 3.52. The van der Waals surface area contributed by atoms with Crippen molar-refractivity contribution in [3.8, 4) is 0 Å². The largest absolute Gasteiger partial charge is 0.361 e. The Hall–Kier alpha value is -1.36. The van der Waals surface area contributed by atoms with Gasteiger partial charge >= 0.3 is 0 Å². The van der Waals surface area contributed by atoms with E-state index in [-0.39, 0.29) is 5.54 Å². The number of rotatable bonds is 5. The average Bonchev–Trinajstić information content (AvgIpc) is 3.09. The summed E-state index contributed by atoms with van der Waals surface area (Å²) in [6, 6.07) is 2.48. The second-order valence-corrected chi connectivity index (χ2v) is 8.33. The van der Waals surface area contributed by atoms with Crippen molar-refractivity contribution in [2.45, 2.75) is 83.3 Å². The number of piperidine rings is 1. The molecule has 4 rings (SSSR count). The number of amides is 1. The van der Waals surface area contributed by atoms with Crippen molar-refractivity contribution in [2.24, 2.45) is 5.92 Å². The molecule has 1 amide bonds. The van der Waals surface area contributed by atoms with Crippen LogP contribution in [0.3, 0.4) is 0 Å². The van der Waals surface area contributed by atoms with E-state index in [0.29, 0.717) is 11.9 Å². The molecule has 1 saturated carbocycles. The molecule has 3 fully saturated rings. The fourth-order valence-electron chi connectivity index (χ4n) is 5.44. The van der Waals surface area contributed by atoms with Gasteiger partial charge in [-0.2, -0.15) is 0 Å². The summed E-state index contributed by atoms with van der Waals surface area (Å²) in [5.74, 6) is 2.01. The molecule has 2 saturated heterocycles. The van der Waals surface area contributed by atoms with Crippen molar-refractivity contribution in [3.63, 3.8) is 0 Å². The Labute approximate surface area is 150 Å². The van der Waals surface area contributed by atoms with Gasteiger partial charge in [0, 0.05) is 31.6 Å². The number of hydrogen-bond donors (Lipinski definition) is 0. The van der Waals surface area contributed by atoms with Gasteiger partial charge in [0.05, 0.1) is 11.2 Å². The maximum absolute atomic E-state index is 12.7. The molecule has 2 atom stereocenters. The zero-order valence-electron chi connectivity index (χ0n) is 15.7. The molecule has 1 aromatic heterocycles. The molecule has 1 aromatic rings. The normalized spacial score (nSPS) is 31.0. The third-order valence-electron chi connectivity index (χ3n) is 6.82. The first-order valence-corrected chi connectivity index (χ1v) is 10.1. The summed E-state index contributed by atoms with van der Waals surface area (Å²) in [7, 11) is 0. The first kappa shape index (κ1) is 17.1. The van der Waals surface area contributed by atoms with Gasteiger partial charge < -0.3 is 9.42 Å². The summed E-state index contributed by atoms with van der Waals surface area (Å²) in [5.41, 5.74) is 1.07. The molecule has 5 heteroatoms. The third kappa shape index (κ3) is 3.01. The summed E-state index contributed by atoms with van der Waals surface area (Å²) in [6.45, 7) is 7.15. The van der Waals surface area contributed by atoms with E-state index >= 15 is 0 Å². The van der Waals surface area contributed by atoms with E-state index in [9.17, 15) is 4.79 Å². The van der Waals surface area contributed by atoms with E-state index in [4.69, 9.17) is 4.52 Å². The number of aromatic nitrogens is 1. The highest BCUT2D eigenvalue weighted by atomic mass is 16.5. The van der Waals surface area contributed by atoms with Crippen LogP contribution < -0.4 is 0 Å². The van der Waals surface area contributed by atoms with Gasteiger partial charge in [-0.05, 0) is 57.9 Å². The van der Waals surface area contributed by atoms with Gasteiger partial charge in [0.25, 0.3) is 0 Å². The molecule has 3 aliphatic rings. The lowest BCUT2D eigenvalue weighted by Crippen LogP contribution is -2.63. The average molecular weight is 345 g/mol. The monoisotopic (exact) mass is 345 g/mol. The van der Waals surface area contributed by atoms with Crippen molar-refractivity contribution in [3.05, 3.63) is 17.5 Å². The quantitative estimate of drug-likeness (QED) is 0.819. The molecule has 25 heavy (non-hydrogen) atoms. The number of hydrogen-bond acceptors (Lipinski definition) is 4. The van der Waals surface area contributed by atoms with E-state index in [1.807, 2.05) is 13.0 Å². The molecular weight excluding hydrogens is 314 g/mol. The number of nitrogens with zero attached hydrogens (tertiary/aromatic N) is 3. The summed E-state index contributed by atoms with van der Waals surface area (Å²) < 4.78 is 5.26. The third-order valence-corrected chi connectivity index (χ3v) is 6.82. The maximum Gasteiger partial charge on any atom is 0.223 e. The molecule has 0 bridgehead atoms. The Morgan fingerprint density at radius 2 is 2.16 bits per heavy atom. The van der Waals surface area contributed by atoms with Crippen LogP contribution in [0.5, 0.6) is 0 Å². The number of aryl methyl sites for hydroxylation is 1. The minimum Gasteiger partial charge on any atom is -0.361 e. The van der Waals surface area contributed by atoms with Gasteiger partial charge in [-0.1, -0.05) is 18.5 Å². The molecule has 0 radical (unpaired) electrons. The van der Waals surface area contributed by atoms with Crippen LogP contribution in [-0.4, -0.2) is 45.5 Å². The summed E-state index contributed by atoms with van der Waals surface area (Å²) >= 11 is 0. The van der Waals surface area contributed by atoms with Gasteiger partial charge in [-0.3, -0.25) is 9.69 Å². The van der Waals surface area contributed by atoms with E-state index in [1.54, 1.807) is 0 Å². The van der Waals surface area contributed by atoms with Crippen molar-refractivity contribution in [1.29, 1.82) is 0 Å². The molecule has 0 unspecified atom stereocenters. The molecule has 5 nitrogen and oxygen atoms in total. The lowest BCUT2D eigenvalue weighted by atomic mass is 9.76. The van der Waals surface area contributed by atoms with Crippen LogP contribution >= 0.6 is 0 Å². The van der Waals surface area contributed by atoms with Crippen LogP contribution in [0.15, 0.2) is 10.6 Å².